The molecule has 0 atom stereocenters. The van der Waals surface area contributed by atoms with Gasteiger partial charge in [-0.1, -0.05) is 18.2 Å². The van der Waals surface area contributed by atoms with E-state index in [1.807, 2.05) is 6.07 Å². The predicted octanol–water partition coefficient (Wildman–Crippen LogP) is 3.32. The quantitative estimate of drug-likeness (QED) is 0.487. The van der Waals surface area contributed by atoms with Crippen LogP contribution < -0.4 is 4.74 Å². The normalized spacial score (nSPS) is 10.2. The molecule has 0 amide bonds. The lowest BCUT2D eigenvalue weighted by Gasteiger charge is -2.00. The standard InChI is InChI=1S/C16H10FNO2/c17-15-4-2-1-3-13(15)7-10-16(19)20-14-8-5-12(11-18)6-9-14/h1-10H/b10-7+. The van der Waals surface area contributed by atoms with Crippen LogP contribution in [0.25, 0.3) is 6.08 Å². The Hall–Kier alpha value is -2.93. The van der Waals surface area contributed by atoms with E-state index in [0.29, 0.717) is 16.9 Å². The van der Waals surface area contributed by atoms with Gasteiger partial charge in [0.05, 0.1) is 11.6 Å². The lowest BCUT2D eigenvalue weighted by atomic mass is 10.2. The minimum atomic E-state index is -0.613. The van der Waals surface area contributed by atoms with Crippen molar-refractivity contribution >= 4 is 12.0 Å². The van der Waals surface area contributed by atoms with E-state index < -0.39 is 11.8 Å². The lowest BCUT2D eigenvalue weighted by molar-refractivity contribution is -0.128. The van der Waals surface area contributed by atoms with Crippen LogP contribution in [0.1, 0.15) is 11.1 Å². The van der Waals surface area contributed by atoms with Gasteiger partial charge in [-0.15, -0.1) is 0 Å². The lowest BCUT2D eigenvalue weighted by Crippen LogP contribution is -2.03. The summed E-state index contributed by atoms with van der Waals surface area (Å²) in [5, 5.41) is 8.64. The fourth-order valence-electron chi connectivity index (χ4n) is 1.52. The number of halogens is 1. The summed E-state index contributed by atoms with van der Waals surface area (Å²) in [5.74, 6) is -0.694. The van der Waals surface area contributed by atoms with E-state index in [1.54, 1.807) is 30.3 Å². The molecule has 0 aromatic heterocycles. The Labute approximate surface area is 115 Å². The predicted molar refractivity (Wildman–Crippen MR) is 72.2 cm³/mol. The van der Waals surface area contributed by atoms with E-state index in [0.717, 1.165) is 6.08 Å². The van der Waals surface area contributed by atoms with Crippen LogP contribution in [0.3, 0.4) is 0 Å². The number of hydrogen-bond donors (Lipinski definition) is 0. The molecule has 0 bridgehead atoms. The summed E-state index contributed by atoms with van der Waals surface area (Å²) in [7, 11) is 0. The molecule has 2 aromatic carbocycles. The van der Waals surface area contributed by atoms with E-state index in [4.69, 9.17) is 10.00 Å². The Morgan fingerprint density at radius 1 is 1.15 bits per heavy atom. The number of carbonyl (C=O) groups excluding carboxylic acids is 1. The molecule has 0 saturated heterocycles. The summed E-state index contributed by atoms with van der Waals surface area (Å²) in [6.45, 7) is 0. The third-order valence-corrected chi connectivity index (χ3v) is 2.51. The molecule has 0 fully saturated rings. The Balaban J connectivity index is 2.02. The number of nitriles is 1. The van der Waals surface area contributed by atoms with Crippen molar-refractivity contribution in [2.45, 2.75) is 0 Å². The van der Waals surface area contributed by atoms with Gasteiger partial charge in [0, 0.05) is 11.6 Å². The van der Waals surface area contributed by atoms with Crippen molar-refractivity contribution in [1.82, 2.24) is 0 Å². The van der Waals surface area contributed by atoms with Crippen LogP contribution in [-0.4, -0.2) is 5.97 Å². The van der Waals surface area contributed by atoms with Crippen molar-refractivity contribution in [3.8, 4) is 11.8 Å². The third kappa shape index (κ3) is 3.53. The van der Waals surface area contributed by atoms with Gasteiger partial charge in [0.2, 0.25) is 0 Å². The average molecular weight is 267 g/mol. The first kappa shape index (κ1) is 13.5. The van der Waals surface area contributed by atoms with Crippen LogP contribution in [0.4, 0.5) is 4.39 Å². The summed E-state index contributed by atoms with van der Waals surface area (Å²) in [6, 6.07) is 14.2. The maximum absolute atomic E-state index is 13.3. The second kappa shape index (κ2) is 6.30. The van der Waals surface area contributed by atoms with Crippen LogP contribution >= 0.6 is 0 Å². The zero-order valence-corrected chi connectivity index (χ0v) is 10.4. The van der Waals surface area contributed by atoms with Gasteiger partial charge in [-0.05, 0) is 36.4 Å². The van der Waals surface area contributed by atoms with Gasteiger partial charge in [-0.25, -0.2) is 9.18 Å². The van der Waals surface area contributed by atoms with Gasteiger partial charge in [-0.3, -0.25) is 0 Å². The van der Waals surface area contributed by atoms with Crippen LogP contribution in [0.15, 0.2) is 54.6 Å². The van der Waals surface area contributed by atoms with E-state index in [1.165, 1.54) is 24.3 Å². The highest BCUT2D eigenvalue weighted by molar-refractivity contribution is 5.88. The maximum Gasteiger partial charge on any atom is 0.336 e. The monoisotopic (exact) mass is 267 g/mol. The van der Waals surface area contributed by atoms with Crippen molar-refractivity contribution in [2.75, 3.05) is 0 Å². The molecule has 0 aliphatic carbocycles. The molecule has 0 N–H and O–H groups in total. The van der Waals surface area contributed by atoms with Crippen molar-refractivity contribution in [3.63, 3.8) is 0 Å². The molecule has 2 aromatic rings. The fourth-order valence-corrected chi connectivity index (χ4v) is 1.52. The topological polar surface area (TPSA) is 50.1 Å². The highest BCUT2D eigenvalue weighted by atomic mass is 19.1. The molecule has 0 spiro atoms. The SMILES string of the molecule is N#Cc1ccc(OC(=O)/C=C/c2ccccc2F)cc1. The van der Waals surface area contributed by atoms with Gasteiger partial charge in [0.1, 0.15) is 11.6 Å². The average Bonchev–Trinajstić information content (AvgIpc) is 2.47. The van der Waals surface area contributed by atoms with Crippen molar-refractivity contribution in [1.29, 1.82) is 5.26 Å². The second-order valence-corrected chi connectivity index (χ2v) is 3.91. The van der Waals surface area contributed by atoms with E-state index in [2.05, 4.69) is 0 Å². The number of nitrogens with zero attached hydrogens (tertiary/aromatic N) is 1. The summed E-state index contributed by atoms with van der Waals surface area (Å²) >= 11 is 0. The molecule has 0 radical (unpaired) electrons. The second-order valence-electron chi connectivity index (χ2n) is 3.91. The van der Waals surface area contributed by atoms with E-state index >= 15 is 0 Å². The molecule has 4 heteroatoms. The van der Waals surface area contributed by atoms with Crippen molar-refractivity contribution in [2.24, 2.45) is 0 Å². The van der Waals surface area contributed by atoms with Gasteiger partial charge < -0.3 is 4.74 Å². The molecular weight excluding hydrogens is 257 g/mol. The van der Waals surface area contributed by atoms with Gasteiger partial charge in [0.15, 0.2) is 0 Å². The number of benzene rings is 2. The fraction of sp³-hybridized carbons (Fsp3) is 0. The summed E-state index contributed by atoms with van der Waals surface area (Å²) in [6.07, 6.45) is 2.50. The maximum atomic E-state index is 13.3. The highest BCUT2D eigenvalue weighted by Gasteiger charge is 2.02. The molecule has 98 valence electrons. The molecule has 0 heterocycles. The Morgan fingerprint density at radius 3 is 2.50 bits per heavy atom. The smallest absolute Gasteiger partial charge is 0.336 e. The number of ether oxygens (including phenoxy) is 1. The minimum Gasteiger partial charge on any atom is -0.423 e. The van der Waals surface area contributed by atoms with Gasteiger partial charge >= 0.3 is 5.97 Å². The number of carbonyl (C=O) groups is 1. The first-order valence-corrected chi connectivity index (χ1v) is 5.83. The number of rotatable bonds is 3. The summed E-state index contributed by atoms with van der Waals surface area (Å²) < 4.78 is 18.3. The van der Waals surface area contributed by atoms with Crippen molar-refractivity contribution < 1.29 is 13.9 Å². The largest absolute Gasteiger partial charge is 0.423 e. The van der Waals surface area contributed by atoms with E-state index in [9.17, 15) is 9.18 Å². The Bertz CT molecular complexity index is 684. The van der Waals surface area contributed by atoms with Gasteiger partial charge in [-0.2, -0.15) is 5.26 Å². The van der Waals surface area contributed by atoms with Crippen LogP contribution in [0.5, 0.6) is 5.75 Å². The van der Waals surface area contributed by atoms with Gasteiger partial charge in [0.25, 0.3) is 0 Å². The summed E-state index contributed by atoms with van der Waals surface area (Å²) in [4.78, 5) is 11.6. The molecule has 2 rings (SSSR count). The van der Waals surface area contributed by atoms with Crippen LogP contribution in [0.2, 0.25) is 0 Å². The van der Waals surface area contributed by atoms with Crippen LogP contribution in [-0.2, 0) is 4.79 Å². The molecule has 0 unspecified atom stereocenters. The first-order valence-electron chi connectivity index (χ1n) is 5.83. The molecule has 3 nitrogen and oxygen atoms in total. The molecule has 0 saturated carbocycles. The molecule has 0 aliphatic heterocycles. The highest BCUT2D eigenvalue weighted by Crippen LogP contribution is 2.13. The summed E-state index contributed by atoms with van der Waals surface area (Å²) in [5.41, 5.74) is 0.788. The number of hydrogen-bond acceptors (Lipinski definition) is 3. The molecular formula is C16H10FNO2. The zero-order chi connectivity index (χ0) is 14.4. The van der Waals surface area contributed by atoms with E-state index in [-0.39, 0.29) is 0 Å². The number of esters is 1. The Kier molecular flexibility index (Phi) is 4.25. The molecule has 20 heavy (non-hydrogen) atoms. The Morgan fingerprint density at radius 2 is 1.85 bits per heavy atom. The third-order valence-electron chi connectivity index (χ3n) is 2.51. The first-order chi connectivity index (χ1) is 9.69. The van der Waals surface area contributed by atoms with Crippen molar-refractivity contribution in [3.05, 3.63) is 71.6 Å². The minimum absolute atomic E-state index is 0.310. The molecule has 0 aliphatic rings. The van der Waals surface area contributed by atoms with Crippen LogP contribution in [0, 0.1) is 17.1 Å². The zero-order valence-electron chi connectivity index (χ0n) is 10.4.